The van der Waals surface area contributed by atoms with E-state index in [2.05, 4.69) is 28.5 Å². The van der Waals surface area contributed by atoms with E-state index in [1.807, 2.05) is 25.1 Å². The molecule has 0 amide bonds. The Morgan fingerprint density at radius 1 is 1.11 bits per heavy atom. The molecular formula is C22H32N3O3+. The first-order valence-electron chi connectivity index (χ1n) is 9.95. The number of quaternary nitrogens is 1. The van der Waals surface area contributed by atoms with Crippen molar-refractivity contribution in [3.8, 4) is 5.75 Å². The van der Waals surface area contributed by atoms with Gasteiger partial charge < -0.3 is 23.8 Å². The van der Waals surface area contributed by atoms with Crippen molar-refractivity contribution >= 4 is 11.5 Å². The average molecular weight is 387 g/mol. The van der Waals surface area contributed by atoms with E-state index in [1.54, 1.807) is 14.2 Å². The Morgan fingerprint density at radius 3 is 2.39 bits per heavy atom. The first-order valence-corrected chi connectivity index (χ1v) is 9.95. The number of piperazine rings is 1. The van der Waals surface area contributed by atoms with E-state index in [9.17, 15) is 4.79 Å². The maximum Gasteiger partial charge on any atom is 0.218 e. The van der Waals surface area contributed by atoms with Crippen LogP contribution in [0, 0.1) is 13.8 Å². The summed E-state index contributed by atoms with van der Waals surface area (Å²) in [6.07, 6.45) is 0. The SMILES string of the molecule is COCCn1c(C)cc(C(=O)C[NH+]2CCN(c3ccc(OC)cc3)CC2)c1C. The molecule has 0 spiro atoms. The molecule has 0 atom stereocenters. The summed E-state index contributed by atoms with van der Waals surface area (Å²) in [6.45, 7) is 9.96. The standard InChI is InChI=1S/C22H31N3O3/c1-17-15-21(18(2)25(17)13-14-27-3)22(26)16-23-9-11-24(12-10-23)19-5-7-20(28-4)8-6-19/h5-8,15H,9-14,16H2,1-4H3/p+1. The molecule has 1 fully saturated rings. The molecular weight excluding hydrogens is 354 g/mol. The van der Waals surface area contributed by atoms with Gasteiger partial charge in [-0.15, -0.1) is 0 Å². The van der Waals surface area contributed by atoms with E-state index in [1.165, 1.54) is 10.6 Å². The molecule has 0 aliphatic carbocycles. The summed E-state index contributed by atoms with van der Waals surface area (Å²) in [5.41, 5.74) is 4.25. The highest BCUT2D eigenvalue weighted by molar-refractivity contribution is 5.98. The molecule has 0 bridgehead atoms. The lowest BCUT2D eigenvalue weighted by molar-refractivity contribution is -0.892. The number of carbonyl (C=O) groups is 1. The number of anilines is 1. The van der Waals surface area contributed by atoms with E-state index in [0.29, 0.717) is 13.2 Å². The zero-order valence-electron chi connectivity index (χ0n) is 17.5. The Bertz CT molecular complexity index is 790. The predicted octanol–water partition coefficient (Wildman–Crippen LogP) is 1.35. The fourth-order valence-electron chi connectivity index (χ4n) is 3.98. The number of benzene rings is 1. The number of rotatable bonds is 8. The monoisotopic (exact) mass is 386 g/mol. The number of ether oxygens (including phenoxy) is 2. The van der Waals surface area contributed by atoms with Crippen LogP contribution >= 0.6 is 0 Å². The number of hydrogen-bond acceptors (Lipinski definition) is 4. The molecule has 1 aliphatic rings. The fraction of sp³-hybridized carbons (Fsp3) is 0.500. The van der Waals surface area contributed by atoms with Crippen LogP contribution in [0.2, 0.25) is 0 Å². The normalized spacial score (nSPS) is 15.1. The van der Waals surface area contributed by atoms with Crippen LogP contribution in [0.15, 0.2) is 30.3 Å². The molecule has 2 heterocycles. The van der Waals surface area contributed by atoms with Gasteiger partial charge in [-0.3, -0.25) is 4.79 Å². The zero-order valence-corrected chi connectivity index (χ0v) is 17.5. The Balaban J connectivity index is 1.56. The fourth-order valence-corrected chi connectivity index (χ4v) is 3.98. The first-order chi connectivity index (χ1) is 13.5. The molecule has 6 nitrogen and oxygen atoms in total. The van der Waals surface area contributed by atoms with E-state index in [4.69, 9.17) is 9.47 Å². The van der Waals surface area contributed by atoms with Gasteiger partial charge in [0.1, 0.15) is 12.3 Å². The average Bonchev–Trinajstić information content (AvgIpc) is 3.01. The maximum atomic E-state index is 12.9. The van der Waals surface area contributed by atoms with Crippen molar-refractivity contribution in [2.24, 2.45) is 0 Å². The van der Waals surface area contributed by atoms with Gasteiger partial charge in [0.25, 0.3) is 0 Å². The van der Waals surface area contributed by atoms with E-state index < -0.39 is 0 Å². The van der Waals surface area contributed by atoms with Crippen LogP contribution in [-0.2, 0) is 11.3 Å². The highest BCUT2D eigenvalue weighted by atomic mass is 16.5. The van der Waals surface area contributed by atoms with Crippen LogP contribution < -0.4 is 14.5 Å². The minimum atomic E-state index is 0.240. The van der Waals surface area contributed by atoms with Crippen molar-refractivity contribution in [1.29, 1.82) is 0 Å². The van der Waals surface area contributed by atoms with Crippen molar-refractivity contribution in [3.05, 3.63) is 47.3 Å². The van der Waals surface area contributed by atoms with Crippen LogP contribution in [0.25, 0.3) is 0 Å². The zero-order chi connectivity index (χ0) is 20.1. The van der Waals surface area contributed by atoms with Crippen molar-refractivity contribution in [1.82, 2.24) is 4.57 Å². The van der Waals surface area contributed by atoms with Gasteiger partial charge in [-0.1, -0.05) is 0 Å². The van der Waals surface area contributed by atoms with Crippen molar-refractivity contribution in [2.45, 2.75) is 20.4 Å². The molecule has 6 heteroatoms. The molecule has 1 aromatic heterocycles. The molecule has 1 aromatic carbocycles. The maximum absolute atomic E-state index is 12.9. The minimum Gasteiger partial charge on any atom is -0.497 e. The van der Waals surface area contributed by atoms with E-state index in [0.717, 1.165) is 55.4 Å². The quantitative estimate of drug-likeness (QED) is 0.696. The number of Topliss-reactive ketones (excluding diaryl/α,β-unsaturated/α-hetero) is 1. The van der Waals surface area contributed by atoms with Crippen LogP contribution in [-0.4, -0.2) is 63.9 Å². The lowest BCUT2D eigenvalue weighted by Gasteiger charge is -2.33. The Hall–Kier alpha value is -2.31. The summed E-state index contributed by atoms with van der Waals surface area (Å²) in [4.78, 5) is 16.6. The Labute approximate surface area is 167 Å². The summed E-state index contributed by atoms with van der Waals surface area (Å²) in [6, 6.07) is 10.2. The summed E-state index contributed by atoms with van der Waals surface area (Å²) < 4.78 is 12.6. The second kappa shape index (κ2) is 9.26. The first kappa shape index (κ1) is 20.4. The number of nitrogens with one attached hydrogen (secondary N) is 1. The number of aromatic nitrogens is 1. The second-order valence-electron chi connectivity index (χ2n) is 7.46. The lowest BCUT2D eigenvalue weighted by Crippen LogP contribution is -3.15. The van der Waals surface area contributed by atoms with Crippen LogP contribution in [0.5, 0.6) is 5.75 Å². The Kier molecular flexibility index (Phi) is 6.75. The summed E-state index contributed by atoms with van der Waals surface area (Å²) >= 11 is 0. The van der Waals surface area contributed by atoms with Crippen LogP contribution in [0.1, 0.15) is 21.7 Å². The number of nitrogens with zero attached hydrogens (tertiary/aromatic N) is 2. The van der Waals surface area contributed by atoms with Gasteiger partial charge in [0.15, 0.2) is 0 Å². The Morgan fingerprint density at radius 2 is 1.79 bits per heavy atom. The van der Waals surface area contributed by atoms with E-state index in [-0.39, 0.29) is 5.78 Å². The third-order valence-electron chi connectivity index (χ3n) is 5.71. The number of methoxy groups -OCH3 is 2. The van der Waals surface area contributed by atoms with Gasteiger partial charge in [-0.05, 0) is 44.2 Å². The predicted molar refractivity (Wildman–Crippen MR) is 111 cm³/mol. The second-order valence-corrected chi connectivity index (χ2v) is 7.46. The van der Waals surface area contributed by atoms with Gasteiger partial charge in [0.05, 0.1) is 39.9 Å². The van der Waals surface area contributed by atoms with Gasteiger partial charge in [0.2, 0.25) is 5.78 Å². The van der Waals surface area contributed by atoms with Crippen molar-refractivity contribution in [2.75, 3.05) is 58.5 Å². The number of hydrogen-bond donors (Lipinski definition) is 1. The molecule has 2 aromatic rings. The molecule has 0 saturated carbocycles. The molecule has 3 rings (SSSR count). The number of ketones is 1. The van der Waals surface area contributed by atoms with E-state index >= 15 is 0 Å². The molecule has 152 valence electrons. The van der Waals surface area contributed by atoms with Crippen molar-refractivity contribution in [3.63, 3.8) is 0 Å². The highest BCUT2D eigenvalue weighted by Gasteiger charge is 2.25. The highest BCUT2D eigenvalue weighted by Crippen LogP contribution is 2.19. The molecule has 0 unspecified atom stereocenters. The third-order valence-corrected chi connectivity index (χ3v) is 5.71. The summed E-state index contributed by atoms with van der Waals surface area (Å²) in [5, 5.41) is 0. The number of aryl methyl sites for hydroxylation is 1. The smallest absolute Gasteiger partial charge is 0.218 e. The van der Waals surface area contributed by atoms with Crippen molar-refractivity contribution < 1.29 is 19.2 Å². The summed E-state index contributed by atoms with van der Waals surface area (Å²) in [5.74, 6) is 1.12. The number of carbonyl (C=O) groups excluding carboxylic acids is 1. The topological polar surface area (TPSA) is 48.1 Å². The lowest BCUT2D eigenvalue weighted by atomic mass is 10.1. The molecule has 1 aliphatic heterocycles. The largest absolute Gasteiger partial charge is 0.497 e. The van der Waals surface area contributed by atoms with Gasteiger partial charge >= 0.3 is 0 Å². The van der Waals surface area contributed by atoms with Gasteiger partial charge in [-0.2, -0.15) is 0 Å². The molecule has 28 heavy (non-hydrogen) atoms. The molecule has 1 saturated heterocycles. The van der Waals surface area contributed by atoms with Crippen LogP contribution in [0.4, 0.5) is 5.69 Å². The van der Waals surface area contributed by atoms with Gasteiger partial charge in [0, 0.05) is 36.3 Å². The van der Waals surface area contributed by atoms with Gasteiger partial charge in [-0.25, -0.2) is 0 Å². The molecule has 0 radical (unpaired) electrons. The van der Waals surface area contributed by atoms with Crippen LogP contribution in [0.3, 0.4) is 0 Å². The minimum absolute atomic E-state index is 0.240. The molecule has 1 N–H and O–H groups in total. The third kappa shape index (κ3) is 4.56. The summed E-state index contributed by atoms with van der Waals surface area (Å²) in [7, 11) is 3.39.